The highest BCUT2D eigenvalue weighted by Crippen LogP contribution is 2.26. The van der Waals surface area contributed by atoms with Crippen LogP contribution in [0.1, 0.15) is 29.2 Å². The van der Waals surface area contributed by atoms with Crippen LogP contribution in [0.3, 0.4) is 0 Å². The molecule has 25 heavy (non-hydrogen) atoms. The quantitative estimate of drug-likeness (QED) is 0.437. The minimum absolute atomic E-state index is 0.724. The summed E-state index contributed by atoms with van der Waals surface area (Å²) in [5.41, 5.74) is 10.9. The van der Waals surface area contributed by atoms with Crippen molar-refractivity contribution in [2.75, 3.05) is 5.43 Å². The molecular formula is C20H20ClN3S. The zero-order valence-electron chi connectivity index (χ0n) is 14.7. The van der Waals surface area contributed by atoms with Crippen molar-refractivity contribution in [1.29, 1.82) is 0 Å². The molecule has 1 aromatic heterocycles. The molecule has 1 N–H and O–H groups in total. The van der Waals surface area contributed by atoms with Gasteiger partial charge in [-0.15, -0.1) is 11.3 Å². The van der Waals surface area contributed by atoms with E-state index in [0.717, 1.165) is 27.1 Å². The van der Waals surface area contributed by atoms with Gasteiger partial charge in [-0.25, -0.2) is 4.98 Å². The summed E-state index contributed by atoms with van der Waals surface area (Å²) in [5.74, 6) is 0. The largest absolute Gasteiger partial charge is 0.252 e. The van der Waals surface area contributed by atoms with E-state index >= 15 is 0 Å². The van der Waals surface area contributed by atoms with Gasteiger partial charge in [0.15, 0.2) is 0 Å². The third-order valence-electron chi connectivity index (χ3n) is 4.00. The number of benzene rings is 2. The van der Waals surface area contributed by atoms with E-state index in [1.54, 1.807) is 0 Å². The highest BCUT2D eigenvalue weighted by molar-refractivity contribution is 7.14. The molecule has 0 radical (unpaired) electrons. The molecule has 0 saturated heterocycles. The van der Waals surface area contributed by atoms with Crippen molar-refractivity contribution in [3.63, 3.8) is 0 Å². The summed E-state index contributed by atoms with van der Waals surface area (Å²) >= 11 is 7.47. The summed E-state index contributed by atoms with van der Waals surface area (Å²) in [6.07, 6.45) is 0. The standard InChI is InChI=1S/C20H20ClN3S/c1-12-9-13(2)19(14(3)10-12)15(4)23-24-20-22-18(11-25-20)16-5-7-17(21)8-6-16/h5-11H,1-4H3,(H,22,24)/b23-15-. The van der Waals surface area contributed by atoms with Gasteiger partial charge in [-0.2, -0.15) is 5.10 Å². The van der Waals surface area contributed by atoms with Crippen LogP contribution in [-0.2, 0) is 0 Å². The van der Waals surface area contributed by atoms with Crippen molar-refractivity contribution in [1.82, 2.24) is 4.98 Å². The Balaban J connectivity index is 1.79. The average Bonchev–Trinajstić information content (AvgIpc) is 3.01. The van der Waals surface area contributed by atoms with Crippen LogP contribution in [0.4, 0.5) is 5.13 Å². The first kappa shape index (κ1) is 17.6. The lowest BCUT2D eigenvalue weighted by atomic mass is 9.97. The van der Waals surface area contributed by atoms with Gasteiger partial charge in [0.1, 0.15) is 0 Å². The van der Waals surface area contributed by atoms with Gasteiger partial charge in [0.25, 0.3) is 0 Å². The fourth-order valence-electron chi connectivity index (χ4n) is 3.02. The number of aromatic nitrogens is 1. The second-order valence-electron chi connectivity index (χ2n) is 6.13. The Morgan fingerprint density at radius 3 is 2.36 bits per heavy atom. The molecule has 0 aliphatic heterocycles. The highest BCUT2D eigenvalue weighted by Gasteiger charge is 2.08. The van der Waals surface area contributed by atoms with E-state index in [1.807, 2.05) is 36.6 Å². The van der Waals surface area contributed by atoms with E-state index in [-0.39, 0.29) is 0 Å². The molecule has 3 rings (SSSR count). The van der Waals surface area contributed by atoms with Crippen molar-refractivity contribution in [3.05, 3.63) is 69.1 Å². The number of anilines is 1. The fourth-order valence-corrected chi connectivity index (χ4v) is 3.80. The Morgan fingerprint density at radius 1 is 1.08 bits per heavy atom. The summed E-state index contributed by atoms with van der Waals surface area (Å²) in [4.78, 5) is 4.59. The molecule has 5 heteroatoms. The van der Waals surface area contributed by atoms with Gasteiger partial charge in [-0.1, -0.05) is 41.4 Å². The molecule has 3 nitrogen and oxygen atoms in total. The van der Waals surface area contributed by atoms with E-state index in [0.29, 0.717) is 0 Å². The maximum atomic E-state index is 5.93. The summed E-state index contributed by atoms with van der Waals surface area (Å²) < 4.78 is 0. The number of halogens is 1. The van der Waals surface area contributed by atoms with Crippen LogP contribution in [0, 0.1) is 20.8 Å². The van der Waals surface area contributed by atoms with E-state index in [1.165, 1.54) is 33.6 Å². The summed E-state index contributed by atoms with van der Waals surface area (Å²) in [7, 11) is 0. The first-order chi connectivity index (χ1) is 11.9. The van der Waals surface area contributed by atoms with Crippen LogP contribution >= 0.6 is 22.9 Å². The molecule has 0 aliphatic rings. The topological polar surface area (TPSA) is 37.3 Å². The number of nitrogens with zero attached hydrogens (tertiary/aromatic N) is 2. The summed E-state index contributed by atoms with van der Waals surface area (Å²) in [6, 6.07) is 12.0. The van der Waals surface area contributed by atoms with Crippen LogP contribution in [0.25, 0.3) is 11.3 Å². The molecule has 0 fully saturated rings. The second kappa shape index (κ2) is 7.38. The van der Waals surface area contributed by atoms with Crippen molar-refractivity contribution >= 4 is 33.8 Å². The lowest BCUT2D eigenvalue weighted by Crippen LogP contribution is -2.05. The number of aryl methyl sites for hydroxylation is 3. The number of hydrogen-bond donors (Lipinski definition) is 1. The first-order valence-electron chi connectivity index (χ1n) is 8.04. The highest BCUT2D eigenvalue weighted by atomic mass is 35.5. The normalized spacial score (nSPS) is 11.6. The smallest absolute Gasteiger partial charge is 0.203 e. The van der Waals surface area contributed by atoms with Crippen LogP contribution < -0.4 is 5.43 Å². The third kappa shape index (κ3) is 4.09. The molecule has 0 spiro atoms. The number of rotatable bonds is 4. The monoisotopic (exact) mass is 369 g/mol. The number of hydrazone groups is 1. The molecule has 0 unspecified atom stereocenters. The van der Waals surface area contributed by atoms with Gasteiger partial charge in [0, 0.05) is 21.5 Å². The Bertz CT molecular complexity index is 903. The number of hydrogen-bond acceptors (Lipinski definition) is 4. The molecular weight excluding hydrogens is 350 g/mol. The Hall–Kier alpha value is -2.17. The van der Waals surface area contributed by atoms with Crippen LogP contribution in [-0.4, -0.2) is 10.7 Å². The molecule has 3 aromatic rings. The van der Waals surface area contributed by atoms with Crippen LogP contribution in [0.5, 0.6) is 0 Å². The number of nitrogens with one attached hydrogen (secondary N) is 1. The van der Waals surface area contributed by atoms with Gasteiger partial charge >= 0.3 is 0 Å². The third-order valence-corrected chi connectivity index (χ3v) is 5.00. The minimum atomic E-state index is 0.724. The lowest BCUT2D eigenvalue weighted by molar-refractivity contribution is 1.25. The van der Waals surface area contributed by atoms with Gasteiger partial charge in [-0.3, -0.25) is 5.43 Å². The van der Waals surface area contributed by atoms with E-state index in [9.17, 15) is 0 Å². The SMILES string of the molecule is C/C(=N/Nc1nc(-c2ccc(Cl)cc2)cs1)c1c(C)cc(C)cc1C. The van der Waals surface area contributed by atoms with E-state index in [4.69, 9.17) is 11.6 Å². The molecule has 2 aromatic carbocycles. The van der Waals surface area contributed by atoms with Gasteiger partial charge in [0.2, 0.25) is 5.13 Å². The first-order valence-corrected chi connectivity index (χ1v) is 9.30. The van der Waals surface area contributed by atoms with Crippen molar-refractivity contribution in [3.8, 4) is 11.3 Å². The van der Waals surface area contributed by atoms with E-state index in [2.05, 4.69) is 48.4 Å². The second-order valence-corrected chi connectivity index (χ2v) is 7.42. The zero-order valence-corrected chi connectivity index (χ0v) is 16.3. The fraction of sp³-hybridized carbons (Fsp3) is 0.200. The van der Waals surface area contributed by atoms with Crippen molar-refractivity contribution < 1.29 is 0 Å². The predicted molar refractivity (Wildman–Crippen MR) is 109 cm³/mol. The maximum Gasteiger partial charge on any atom is 0.203 e. The molecule has 0 bridgehead atoms. The maximum absolute atomic E-state index is 5.93. The predicted octanol–water partition coefficient (Wildman–Crippen LogP) is 6.22. The Morgan fingerprint density at radius 2 is 1.72 bits per heavy atom. The molecule has 0 saturated carbocycles. The number of thiazole rings is 1. The van der Waals surface area contributed by atoms with Crippen LogP contribution in [0.15, 0.2) is 46.9 Å². The van der Waals surface area contributed by atoms with Gasteiger partial charge in [-0.05, 0) is 51.0 Å². The average molecular weight is 370 g/mol. The van der Waals surface area contributed by atoms with Crippen molar-refractivity contribution in [2.45, 2.75) is 27.7 Å². The lowest BCUT2D eigenvalue weighted by Gasteiger charge is -2.11. The molecule has 0 atom stereocenters. The molecule has 128 valence electrons. The summed E-state index contributed by atoms with van der Waals surface area (Å²) in [5, 5.41) is 8.04. The van der Waals surface area contributed by atoms with Gasteiger partial charge < -0.3 is 0 Å². The van der Waals surface area contributed by atoms with E-state index < -0.39 is 0 Å². The minimum Gasteiger partial charge on any atom is -0.252 e. The zero-order chi connectivity index (χ0) is 18.0. The van der Waals surface area contributed by atoms with Crippen LogP contribution in [0.2, 0.25) is 5.02 Å². The summed E-state index contributed by atoms with van der Waals surface area (Å²) in [6.45, 7) is 8.38. The van der Waals surface area contributed by atoms with Crippen molar-refractivity contribution in [2.24, 2.45) is 5.10 Å². The molecule has 1 heterocycles. The molecule has 0 aliphatic carbocycles. The Kier molecular flexibility index (Phi) is 5.21. The van der Waals surface area contributed by atoms with Gasteiger partial charge in [0.05, 0.1) is 11.4 Å². The Labute approximate surface area is 157 Å². The molecule has 0 amide bonds.